The lowest BCUT2D eigenvalue weighted by Gasteiger charge is -2.20. The number of carbonyl (C=O) groups is 1. The van der Waals surface area contributed by atoms with E-state index in [0.29, 0.717) is 23.4 Å². The van der Waals surface area contributed by atoms with Gasteiger partial charge in [-0.05, 0) is 61.1 Å². The number of aromatic nitrogens is 2. The number of carboxylic acid groups (broad SMARTS) is 1. The van der Waals surface area contributed by atoms with Crippen molar-refractivity contribution >= 4 is 17.7 Å². The molecule has 6 heteroatoms. The highest BCUT2D eigenvalue weighted by Crippen LogP contribution is 2.37. The van der Waals surface area contributed by atoms with Crippen molar-refractivity contribution in [3.8, 4) is 22.8 Å². The molecule has 0 bridgehead atoms. The molecule has 1 aromatic heterocycles. The molecule has 2 heterocycles. The molecule has 0 radical (unpaired) electrons. The van der Waals surface area contributed by atoms with Gasteiger partial charge in [-0.2, -0.15) is 4.98 Å². The van der Waals surface area contributed by atoms with Crippen LogP contribution < -0.4 is 0 Å². The van der Waals surface area contributed by atoms with Gasteiger partial charge in [0.2, 0.25) is 5.82 Å². The SMILES string of the molecule is Cc1cc(CCC(=O)O)ccc1-c1noc(-c2ccc3c(c2)CCC(C)S3)n1. The molecule has 2 aromatic carbocycles. The summed E-state index contributed by atoms with van der Waals surface area (Å²) in [6, 6.07) is 12.2. The normalized spacial score (nSPS) is 16.0. The molecule has 0 saturated heterocycles. The summed E-state index contributed by atoms with van der Waals surface area (Å²) in [6.07, 6.45) is 2.90. The molecule has 3 aromatic rings. The molecular formula is C22H22N2O3S. The van der Waals surface area contributed by atoms with Crippen LogP contribution in [0.3, 0.4) is 0 Å². The first kappa shape index (κ1) is 18.7. The van der Waals surface area contributed by atoms with Crippen LogP contribution in [0.15, 0.2) is 45.8 Å². The van der Waals surface area contributed by atoms with E-state index >= 15 is 0 Å². The lowest BCUT2D eigenvalue weighted by molar-refractivity contribution is -0.136. The fourth-order valence-electron chi connectivity index (χ4n) is 3.49. The largest absolute Gasteiger partial charge is 0.481 e. The van der Waals surface area contributed by atoms with Gasteiger partial charge in [0.1, 0.15) is 0 Å². The van der Waals surface area contributed by atoms with Gasteiger partial charge in [-0.1, -0.05) is 30.3 Å². The number of benzene rings is 2. The van der Waals surface area contributed by atoms with E-state index in [-0.39, 0.29) is 6.42 Å². The van der Waals surface area contributed by atoms with E-state index in [1.54, 1.807) is 0 Å². The minimum atomic E-state index is -0.789. The maximum atomic E-state index is 10.8. The quantitative estimate of drug-likeness (QED) is 0.644. The average molecular weight is 394 g/mol. The number of aliphatic carboxylic acids is 1. The molecule has 4 rings (SSSR count). The second-order valence-corrected chi connectivity index (χ2v) is 8.74. The van der Waals surface area contributed by atoms with Crippen molar-refractivity contribution in [2.45, 2.75) is 49.7 Å². The summed E-state index contributed by atoms with van der Waals surface area (Å²) >= 11 is 1.92. The summed E-state index contributed by atoms with van der Waals surface area (Å²) in [5.74, 6) is 0.288. The van der Waals surface area contributed by atoms with Crippen LogP contribution in [0.1, 0.15) is 36.5 Å². The zero-order chi connectivity index (χ0) is 19.7. The van der Waals surface area contributed by atoms with Crippen LogP contribution in [0.4, 0.5) is 0 Å². The van der Waals surface area contributed by atoms with Crippen molar-refractivity contribution in [3.05, 3.63) is 53.1 Å². The van der Waals surface area contributed by atoms with Crippen LogP contribution in [0.5, 0.6) is 0 Å². The second kappa shape index (κ2) is 7.80. The van der Waals surface area contributed by atoms with E-state index in [9.17, 15) is 4.79 Å². The second-order valence-electron chi connectivity index (χ2n) is 7.26. The summed E-state index contributed by atoms with van der Waals surface area (Å²) in [7, 11) is 0. The van der Waals surface area contributed by atoms with E-state index in [4.69, 9.17) is 9.63 Å². The predicted octanol–water partition coefficient (Wildman–Crippen LogP) is 5.16. The van der Waals surface area contributed by atoms with Crippen LogP contribution in [0, 0.1) is 6.92 Å². The minimum absolute atomic E-state index is 0.126. The number of carboxylic acids is 1. The van der Waals surface area contributed by atoms with E-state index in [1.807, 2.05) is 43.0 Å². The Morgan fingerprint density at radius 3 is 2.93 bits per heavy atom. The van der Waals surface area contributed by atoms with Gasteiger partial charge in [0.15, 0.2) is 0 Å². The Hall–Kier alpha value is -2.60. The maximum absolute atomic E-state index is 10.8. The van der Waals surface area contributed by atoms with Gasteiger partial charge in [-0.15, -0.1) is 11.8 Å². The van der Waals surface area contributed by atoms with Gasteiger partial charge in [0.25, 0.3) is 5.89 Å². The fraction of sp³-hybridized carbons (Fsp3) is 0.318. The van der Waals surface area contributed by atoms with E-state index in [1.165, 1.54) is 16.9 Å². The van der Waals surface area contributed by atoms with Crippen molar-refractivity contribution in [2.24, 2.45) is 0 Å². The number of hydrogen-bond acceptors (Lipinski definition) is 5. The Labute approximate surface area is 168 Å². The Morgan fingerprint density at radius 2 is 2.14 bits per heavy atom. The summed E-state index contributed by atoms with van der Waals surface area (Å²) in [5.41, 5.74) is 5.19. The summed E-state index contributed by atoms with van der Waals surface area (Å²) in [4.78, 5) is 16.7. The third-order valence-corrected chi connectivity index (χ3v) is 6.33. The number of hydrogen-bond donors (Lipinski definition) is 1. The fourth-order valence-corrected chi connectivity index (χ4v) is 4.62. The molecule has 0 fully saturated rings. The number of fused-ring (bicyclic) bond motifs is 1. The van der Waals surface area contributed by atoms with E-state index in [0.717, 1.165) is 28.7 Å². The van der Waals surface area contributed by atoms with Crippen LogP contribution in [0.25, 0.3) is 22.8 Å². The van der Waals surface area contributed by atoms with Gasteiger partial charge >= 0.3 is 5.97 Å². The van der Waals surface area contributed by atoms with E-state index in [2.05, 4.69) is 29.2 Å². The smallest absolute Gasteiger partial charge is 0.303 e. The summed E-state index contributed by atoms with van der Waals surface area (Å²) in [6.45, 7) is 4.24. The van der Waals surface area contributed by atoms with Gasteiger partial charge in [-0.3, -0.25) is 4.79 Å². The number of nitrogens with zero attached hydrogens (tertiary/aromatic N) is 2. The molecule has 5 nitrogen and oxygen atoms in total. The molecule has 0 spiro atoms. The molecule has 1 unspecified atom stereocenters. The van der Waals surface area contributed by atoms with Gasteiger partial charge < -0.3 is 9.63 Å². The topological polar surface area (TPSA) is 76.2 Å². The molecule has 1 atom stereocenters. The monoisotopic (exact) mass is 394 g/mol. The first-order valence-corrected chi connectivity index (χ1v) is 10.3. The predicted molar refractivity (Wildman–Crippen MR) is 110 cm³/mol. The number of thioether (sulfide) groups is 1. The first-order valence-electron chi connectivity index (χ1n) is 9.45. The van der Waals surface area contributed by atoms with Gasteiger partial charge in [0.05, 0.1) is 0 Å². The molecule has 1 N–H and O–H groups in total. The average Bonchev–Trinajstić information content (AvgIpc) is 3.16. The molecule has 0 saturated carbocycles. The van der Waals surface area contributed by atoms with Crippen molar-refractivity contribution in [3.63, 3.8) is 0 Å². The molecule has 144 valence electrons. The molecule has 28 heavy (non-hydrogen) atoms. The van der Waals surface area contributed by atoms with Gasteiger partial charge in [-0.25, -0.2) is 0 Å². The van der Waals surface area contributed by atoms with Gasteiger partial charge in [0, 0.05) is 27.7 Å². The Bertz CT molecular complexity index is 1030. The molecular weight excluding hydrogens is 372 g/mol. The molecule has 1 aliphatic heterocycles. The lowest BCUT2D eigenvalue weighted by Crippen LogP contribution is -2.06. The molecule has 1 aliphatic rings. The van der Waals surface area contributed by atoms with Crippen LogP contribution in [0.2, 0.25) is 0 Å². The third-order valence-electron chi connectivity index (χ3n) is 5.04. The number of rotatable bonds is 5. The van der Waals surface area contributed by atoms with Crippen molar-refractivity contribution < 1.29 is 14.4 Å². The standard InChI is InChI=1S/C22H22N2O3S/c1-13-11-15(5-10-20(25)26)4-8-18(13)21-23-22(27-24-21)17-7-9-19-16(12-17)6-3-14(2)28-19/h4,7-9,11-12,14H,3,5-6,10H2,1-2H3,(H,25,26). The zero-order valence-corrected chi connectivity index (χ0v) is 16.8. The zero-order valence-electron chi connectivity index (χ0n) is 15.9. The maximum Gasteiger partial charge on any atom is 0.303 e. The van der Waals surface area contributed by atoms with E-state index < -0.39 is 5.97 Å². The summed E-state index contributed by atoms with van der Waals surface area (Å²) < 4.78 is 5.54. The van der Waals surface area contributed by atoms with Crippen LogP contribution >= 0.6 is 11.8 Å². The molecule has 0 amide bonds. The lowest BCUT2D eigenvalue weighted by atomic mass is 10.0. The third kappa shape index (κ3) is 3.97. The Kier molecular flexibility index (Phi) is 5.22. The first-order chi connectivity index (χ1) is 13.5. The minimum Gasteiger partial charge on any atom is -0.481 e. The van der Waals surface area contributed by atoms with Crippen LogP contribution in [-0.4, -0.2) is 26.5 Å². The van der Waals surface area contributed by atoms with Crippen LogP contribution in [-0.2, 0) is 17.6 Å². The van der Waals surface area contributed by atoms with Crippen molar-refractivity contribution in [1.82, 2.24) is 10.1 Å². The van der Waals surface area contributed by atoms with Crippen molar-refractivity contribution in [2.75, 3.05) is 0 Å². The highest BCUT2D eigenvalue weighted by molar-refractivity contribution is 8.00. The Morgan fingerprint density at radius 1 is 1.29 bits per heavy atom. The highest BCUT2D eigenvalue weighted by atomic mass is 32.2. The summed E-state index contributed by atoms with van der Waals surface area (Å²) in [5, 5.41) is 13.7. The van der Waals surface area contributed by atoms with Crippen molar-refractivity contribution in [1.29, 1.82) is 0 Å². The Balaban J connectivity index is 1.57. The highest BCUT2D eigenvalue weighted by Gasteiger charge is 2.18. The molecule has 0 aliphatic carbocycles. The number of aryl methyl sites for hydroxylation is 3.